The highest BCUT2D eigenvalue weighted by Crippen LogP contribution is 2.11. The monoisotopic (exact) mass is 311 g/mol. The Morgan fingerprint density at radius 1 is 1.24 bits per heavy atom. The van der Waals surface area contributed by atoms with Crippen LogP contribution in [0, 0.1) is 0 Å². The molecule has 0 N–H and O–H groups in total. The molecule has 0 aliphatic rings. The molecule has 0 unspecified atom stereocenters. The minimum Gasteiger partial charge on any atom is -0.465 e. The van der Waals surface area contributed by atoms with Crippen LogP contribution in [-0.4, -0.2) is 45.4 Å². The molecular formula is C14H17NO5S. The fourth-order valence-corrected chi connectivity index (χ4v) is 2.43. The average molecular weight is 311 g/mol. The first-order valence-corrected chi connectivity index (χ1v) is 7.80. The Hall–Kier alpha value is -2.15. The second-order valence-electron chi connectivity index (χ2n) is 4.16. The predicted octanol–water partition coefficient (Wildman–Crippen LogP) is 0.995. The number of hydrogen-bond acceptors (Lipinski definition) is 5. The van der Waals surface area contributed by atoms with Crippen molar-refractivity contribution in [2.45, 2.75) is 11.8 Å². The van der Waals surface area contributed by atoms with Gasteiger partial charge in [-0.3, -0.25) is 9.59 Å². The molecule has 0 heterocycles. The highest BCUT2D eigenvalue weighted by molar-refractivity contribution is 7.94. The zero-order valence-corrected chi connectivity index (χ0v) is 12.7. The van der Waals surface area contributed by atoms with E-state index in [4.69, 9.17) is 4.74 Å². The van der Waals surface area contributed by atoms with E-state index in [1.807, 2.05) is 0 Å². The number of ether oxygens (including phenoxy) is 1. The molecule has 1 amide bonds. The SMILES string of the molecule is CCOC(=O)CN(C)C(=O)C=CS(=O)(=O)c1ccccc1. The van der Waals surface area contributed by atoms with E-state index in [0.29, 0.717) is 0 Å². The lowest BCUT2D eigenvalue weighted by Crippen LogP contribution is -2.31. The normalized spacial score (nSPS) is 11.3. The van der Waals surface area contributed by atoms with E-state index in [9.17, 15) is 18.0 Å². The van der Waals surface area contributed by atoms with Crippen LogP contribution in [0.2, 0.25) is 0 Å². The van der Waals surface area contributed by atoms with Gasteiger partial charge in [0.05, 0.1) is 11.5 Å². The maximum absolute atomic E-state index is 11.9. The zero-order valence-electron chi connectivity index (χ0n) is 11.9. The lowest BCUT2D eigenvalue weighted by atomic mass is 10.4. The Bertz CT molecular complexity index is 622. The Labute approximate surface area is 123 Å². The summed E-state index contributed by atoms with van der Waals surface area (Å²) >= 11 is 0. The quantitative estimate of drug-likeness (QED) is 0.578. The molecule has 0 aromatic heterocycles. The number of amides is 1. The Morgan fingerprint density at radius 2 is 1.86 bits per heavy atom. The molecule has 0 saturated heterocycles. The van der Waals surface area contributed by atoms with E-state index in [-0.39, 0.29) is 18.0 Å². The molecule has 21 heavy (non-hydrogen) atoms. The van der Waals surface area contributed by atoms with Crippen molar-refractivity contribution in [1.82, 2.24) is 4.90 Å². The van der Waals surface area contributed by atoms with E-state index < -0.39 is 21.7 Å². The first-order chi connectivity index (χ1) is 9.86. The molecule has 1 rings (SSSR count). The summed E-state index contributed by atoms with van der Waals surface area (Å²) in [5.41, 5.74) is 0. The summed E-state index contributed by atoms with van der Waals surface area (Å²) < 4.78 is 28.6. The smallest absolute Gasteiger partial charge is 0.325 e. The summed E-state index contributed by atoms with van der Waals surface area (Å²) in [5.74, 6) is -1.14. The summed E-state index contributed by atoms with van der Waals surface area (Å²) in [5, 5.41) is 0.826. The standard InChI is InChI=1S/C14H17NO5S/c1-3-20-14(17)11-15(2)13(16)9-10-21(18,19)12-7-5-4-6-8-12/h4-10H,3,11H2,1-2H3. The van der Waals surface area contributed by atoms with Crippen molar-refractivity contribution in [3.05, 3.63) is 41.8 Å². The molecule has 1 aromatic carbocycles. The van der Waals surface area contributed by atoms with Gasteiger partial charge in [0.1, 0.15) is 6.54 Å². The summed E-state index contributed by atoms with van der Waals surface area (Å²) in [6.07, 6.45) is 0.918. The second-order valence-corrected chi connectivity index (χ2v) is 5.99. The van der Waals surface area contributed by atoms with Crippen LogP contribution >= 0.6 is 0 Å². The topological polar surface area (TPSA) is 80.8 Å². The van der Waals surface area contributed by atoms with Crippen molar-refractivity contribution < 1.29 is 22.7 Å². The van der Waals surface area contributed by atoms with Gasteiger partial charge in [-0.1, -0.05) is 18.2 Å². The third kappa shape index (κ3) is 5.39. The maximum atomic E-state index is 11.9. The molecule has 0 aliphatic carbocycles. The third-order valence-corrected chi connectivity index (χ3v) is 3.93. The van der Waals surface area contributed by atoms with Gasteiger partial charge in [-0.05, 0) is 19.1 Å². The van der Waals surface area contributed by atoms with Gasteiger partial charge < -0.3 is 9.64 Å². The van der Waals surface area contributed by atoms with Crippen LogP contribution in [0.15, 0.2) is 46.7 Å². The molecular weight excluding hydrogens is 294 g/mol. The largest absolute Gasteiger partial charge is 0.465 e. The van der Waals surface area contributed by atoms with Crippen molar-refractivity contribution in [2.75, 3.05) is 20.2 Å². The predicted molar refractivity (Wildman–Crippen MR) is 77.0 cm³/mol. The van der Waals surface area contributed by atoms with Gasteiger partial charge in [-0.15, -0.1) is 0 Å². The van der Waals surface area contributed by atoms with Crippen LogP contribution < -0.4 is 0 Å². The van der Waals surface area contributed by atoms with Gasteiger partial charge >= 0.3 is 5.97 Å². The zero-order chi connectivity index (χ0) is 15.9. The van der Waals surface area contributed by atoms with Gasteiger partial charge in [0.25, 0.3) is 0 Å². The van der Waals surface area contributed by atoms with Gasteiger partial charge in [0.2, 0.25) is 5.91 Å². The van der Waals surface area contributed by atoms with Crippen molar-refractivity contribution in [2.24, 2.45) is 0 Å². The van der Waals surface area contributed by atoms with Crippen LogP contribution in [0.3, 0.4) is 0 Å². The lowest BCUT2D eigenvalue weighted by molar-refractivity contribution is -0.147. The average Bonchev–Trinajstić information content (AvgIpc) is 2.46. The number of benzene rings is 1. The molecule has 114 valence electrons. The Kier molecular flexibility index (Phi) is 6.10. The fraction of sp³-hybridized carbons (Fsp3) is 0.286. The first kappa shape index (κ1) is 16.9. The molecule has 0 radical (unpaired) electrons. The van der Waals surface area contributed by atoms with Gasteiger partial charge in [0.15, 0.2) is 9.84 Å². The Morgan fingerprint density at radius 3 is 2.43 bits per heavy atom. The number of rotatable bonds is 6. The van der Waals surface area contributed by atoms with Crippen LogP contribution in [-0.2, 0) is 24.2 Å². The van der Waals surface area contributed by atoms with Crippen LogP contribution in [0.5, 0.6) is 0 Å². The minimum atomic E-state index is -3.67. The van der Waals surface area contributed by atoms with Crippen molar-refractivity contribution in [1.29, 1.82) is 0 Å². The van der Waals surface area contributed by atoms with Gasteiger partial charge in [-0.2, -0.15) is 0 Å². The molecule has 0 saturated carbocycles. The number of carbonyl (C=O) groups is 2. The van der Waals surface area contributed by atoms with Crippen LogP contribution in [0.1, 0.15) is 6.92 Å². The number of esters is 1. The number of likely N-dealkylation sites (N-methyl/N-ethyl adjacent to an activating group) is 1. The molecule has 0 fully saturated rings. The molecule has 1 aromatic rings. The summed E-state index contributed by atoms with van der Waals surface area (Å²) in [6, 6.07) is 7.75. The number of carbonyl (C=O) groups excluding carboxylic acids is 2. The number of hydrogen-bond donors (Lipinski definition) is 0. The highest BCUT2D eigenvalue weighted by Gasteiger charge is 2.14. The second kappa shape index (κ2) is 7.58. The molecule has 0 spiro atoms. The van der Waals surface area contributed by atoms with Crippen LogP contribution in [0.4, 0.5) is 0 Å². The van der Waals surface area contributed by atoms with Crippen molar-refractivity contribution in [3.8, 4) is 0 Å². The Balaban J connectivity index is 2.72. The third-order valence-electron chi connectivity index (χ3n) is 2.51. The summed E-state index contributed by atoms with van der Waals surface area (Å²) in [6.45, 7) is 1.65. The van der Waals surface area contributed by atoms with Crippen molar-refractivity contribution in [3.63, 3.8) is 0 Å². The maximum Gasteiger partial charge on any atom is 0.325 e. The number of sulfone groups is 1. The van der Waals surface area contributed by atoms with Crippen molar-refractivity contribution >= 4 is 21.7 Å². The summed E-state index contributed by atoms with van der Waals surface area (Å²) in [7, 11) is -2.28. The number of nitrogens with zero attached hydrogens (tertiary/aromatic N) is 1. The highest BCUT2D eigenvalue weighted by atomic mass is 32.2. The molecule has 0 atom stereocenters. The molecule has 0 bridgehead atoms. The first-order valence-electron chi connectivity index (χ1n) is 6.25. The molecule has 0 aliphatic heterocycles. The van der Waals surface area contributed by atoms with Crippen LogP contribution in [0.25, 0.3) is 0 Å². The van der Waals surface area contributed by atoms with Gasteiger partial charge in [-0.25, -0.2) is 8.42 Å². The van der Waals surface area contributed by atoms with E-state index in [0.717, 1.165) is 16.4 Å². The molecule has 7 heteroatoms. The summed E-state index contributed by atoms with van der Waals surface area (Å²) in [4.78, 5) is 24.1. The van der Waals surface area contributed by atoms with E-state index in [1.54, 1.807) is 25.1 Å². The fourth-order valence-electron chi connectivity index (χ4n) is 1.44. The lowest BCUT2D eigenvalue weighted by Gasteiger charge is -2.13. The molecule has 6 nitrogen and oxygen atoms in total. The van der Waals surface area contributed by atoms with E-state index >= 15 is 0 Å². The van der Waals surface area contributed by atoms with E-state index in [1.165, 1.54) is 19.2 Å². The van der Waals surface area contributed by atoms with Gasteiger partial charge in [0, 0.05) is 18.5 Å². The minimum absolute atomic E-state index is 0.0992. The van der Waals surface area contributed by atoms with E-state index in [2.05, 4.69) is 0 Å².